The van der Waals surface area contributed by atoms with Crippen LogP contribution < -0.4 is 4.74 Å². The summed E-state index contributed by atoms with van der Waals surface area (Å²) in [5, 5.41) is 0. The van der Waals surface area contributed by atoms with E-state index in [0.717, 1.165) is 23.2 Å². The second-order valence-corrected chi connectivity index (χ2v) is 3.86. The minimum atomic E-state index is 0.656. The van der Waals surface area contributed by atoms with Crippen LogP contribution in [0, 0.1) is 0 Å². The summed E-state index contributed by atoms with van der Waals surface area (Å²) in [6, 6.07) is 17.2. The summed E-state index contributed by atoms with van der Waals surface area (Å²) in [7, 11) is 1.63. The Kier molecular flexibility index (Phi) is 3.92. The second kappa shape index (κ2) is 5.82. The summed E-state index contributed by atoms with van der Waals surface area (Å²) in [5.74, 6) is 0.780. The fraction of sp³-hybridized carbons (Fsp3) is 0.0625. The third-order valence-electron chi connectivity index (χ3n) is 2.65. The minimum Gasteiger partial charge on any atom is -0.497 e. The smallest absolute Gasteiger partial charge is 0.150 e. The van der Waals surface area contributed by atoms with E-state index in [1.807, 2.05) is 60.7 Å². The number of hydrogen-bond donors (Lipinski definition) is 0. The number of carbonyl (C=O) groups is 1. The molecule has 0 bridgehead atoms. The van der Waals surface area contributed by atoms with Crippen molar-refractivity contribution in [2.24, 2.45) is 0 Å². The number of hydrogen-bond acceptors (Lipinski definition) is 2. The molecule has 0 amide bonds. The van der Waals surface area contributed by atoms with Crippen LogP contribution in [0.1, 0.15) is 11.1 Å². The Morgan fingerprint density at radius 1 is 1.06 bits per heavy atom. The van der Waals surface area contributed by atoms with Gasteiger partial charge in [0.15, 0.2) is 6.29 Å². The van der Waals surface area contributed by atoms with E-state index in [1.54, 1.807) is 7.11 Å². The minimum absolute atomic E-state index is 0.656. The van der Waals surface area contributed by atoms with Gasteiger partial charge in [0.05, 0.1) is 7.11 Å². The van der Waals surface area contributed by atoms with Gasteiger partial charge in [0.2, 0.25) is 0 Å². The molecule has 90 valence electrons. The van der Waals surface area contributed by atoms with E-state index in [0.29, 0.717) is 5.57 Å². The van der Waals surface area contributed by atoms with Gasteiger partial charge < -0.3 is 4.74 Å². The van der Waals surface area contributed by atoms with Crippen molar-refractivity contribution in [3.8, 4) is 5.75 Å². The van der Waals surface area contributed by atoms with Crippen LogP contribution in [0.25, 0.3) is 11.6 Å². The zero-order chi connectivity index (χ0) is 12.8. The highest BCUT2D eigenvalue weighted by Gasteiger charge is 2.00. The molecule has 0 aliphatic heterocycles. The van der Waals surface area contributed by atoms with Crippen molar-refractivity contribution in [3.05, 3.63) is 65.7 Å². The maximum Gasteiger partial charge on any atom is 0.150 e. The van der Waals surface area contributed by atoms with Gasteiger partial charge in [-0.2, -0.15) is 0 Å². The Morgan fingerprint density at radius 2 is 1.83 bits per heavy atom. The zero-order valence-corrected chi connectivity index (χ0v) is 10.2. The quantitative estimate of drug-likeness (QED) is 0.463. The molecule has 0 N–H and O–H groups in total. The molecule has 2 aromatic rings. The Hall–Kier alpha value is -2.35. The topological polar surface area (TPSA) is 26.3 Å². The third kappa shape index (κ3) is 2.86. The fourth-order valence-corrected chi connectivity index (χ4v) is 1.73. The number of carbonyl (C=O) groups excluding carboxylic acids is 1. The molecular weight excluding hydrogens is 224 g/mol. The van der Waals surface area contributed by atoms with Gasteiger partial charge in [0.25, 0.3) is 0 Å². The van der Waals surface area contributed by atoms with Crippen LogP contribution in [0.5, 0.6) is 5.75 Å². The summed E-state index contributed by atoms with van der Waals surface area (Å²) in [5.41, 5.74) is 2.51. The van der Waals surface area contributed by atoms with Gasteiger partial charge in [0.1, 0.15) is 5.75 Å². The molecule has 0 aromatic heterocycles. The van der Waals surface area contributed by atoms with Crippen molar-refractivity contribution in [1.82, 2.24) is 0 Å². The largest absolute Gasteiger partial charge is 0.497 e. The Morgan fingerprint density at radius 3 is 2.50 bits per heavy atom. The molecule has 0 saturated carbocycles. The molecule has 0 unspecified atom stereocenters. The highest BCUT2D eigenvalue weighted by molar-refractivity contribution is 6.13. The predicted molar refractivity (Wildman–Crippen MR) is 73.4 cm³/mol. The van der Waals surface area contributed by atoms with Crippen molar-refractivity contribution >= 4 is 17.9 Å². The fourth-order valence-electron chi connectivity index (χ4n) is 1.73. The summed E-state index contributed by atoms with van der Waals surface area (Å²) in [6.07, 6.45) is 2.72. The first-order valence-corrected chi connectivity index (χ1v) is 5.70. The van der Waals surface area contributed by atoms with E-state index in [-0.39, 0.29) is 0 Å². The van der Waals surface area contributed by atoms with Crippen LogP contribution in [-0.4, -0.2) is 13.4 Å². The normalized spacial score (nSPS) is 11.1. The van der Waals surface area contributed by atoms with E-state index in [9.17, 15) is 4.79 Å². The third-order valence-corrected chi connectivity index (χ3v) is 2.65. The predicted octanol–water partition coefficient (Wildman–Crippen LogP) is 3.43. The molecule has 2 nitrogen and oxygen atoms in total. The number of aldehydes is 1. The lowest BCUT2D eigenvalue weighted by Crippen LogP contribution is -1.87. The molecule has 2 aromatic carbocycles. The van der Waals surface area contributed by atoms with Gasteiger partial charge in [0, 0.05) is 5.57 Å². The molecule has 0 aliphatic carbocycles. The van der Waals surface area contributed by atoms with Gasteiger partial charge in [-0.05, 0) is 29.3 Å². The summed E-state index contributed by atoms with van der Waals surface area (Å²) >= 11 is 0. The Balaban J connectivity index is 2.38. The first kappa shape index (κ1) is 12.1. The average molecular weight is 238 g/mol. The van der Waals surface area contributed by atoms with Gasteiger partial charge >= 0.3 is 0 Å². The van der Waals surface area contributed by atoms with Crippen molar-refractivity contribution in [2.75, 3.05) is 7.11 Å². The van der Waals surface area contributed by atoms with Crippen LogP contribution in [0.15, 0.2) is 54.6 Å². The van der Waals surface area contributed by atoms with Crippen molar-refractivity contribution in [1.29, 1.82) is 0 Å². The van der Waals surface area contributed by atoms with Crippen LogP contribution >= 0.6 is 0 Å². The Bertz CT molecular complexity index is 556. The molecule has 0 fully saturated rings. The number of methoxy groups -OCH3 is 1. The standard InChI is InChI=1S/C16H14O2/c1-18-16-9-5-6-13(11-16)10-15(12-17)14-7-3-2-4-8-14/h2-12H,1H3. The first-order valence-electron chi connectivity index (χ1n) is 5.70. The summed E-state index contributed by atoms with van der Waals surface area (Å²) in [6.45, 7) is 0. The average Bonchev–Trinajstić information content (AvgIpc) is 2.46. The van der Waals surface area contributed by atoms with Crippen molar-refractivity contribution < 1.29 is 9.53 Å². The van der Waals surface area contributed by atoms with Gasteiger partial charge in [-0.3, -0.25) is 4.79 Å². The van der Waals surface area contributed by atoms with E-state index in [1.165, 1.54) is 0 Å². The zero-order valence-electron chi connectivity index (χ0n) is 10.2. The van der Waals surface area contributed by atoms with Crippen molar-refractivity contribution in [3.63, 3.8) is 0 Å². The lowest BCUT2D eigenvalue weighted by molar-refractivity contribution is -0.103. The molecule has 0 saturated heterocycles. The van der Waals surface area contributed by atoms with Crippen LogP contribution in [0.4, 0.5) is 0 Å². The van der Waals surface area contributed by atoms with Crippen LogP contribution in [0.3, 0.4) is 0 Å². The summed E-state index contributed by atoms with van der Waals surface area (Å²) < 4.78 is 5.16. The molecule has 0 atom stereocenters. The van der Waals surface area contributed by atoms with E-state index < -0.39 is 0 Å². The lowest BCUT2D eigenvalue weighted by Gasteiger charge is -2.03. The molecule has 2 heteroatoms. The number of allylic oxidation sites excluding steroid dienone is 1. The van der Waals surface area contributed by atoms with Crippen LogP contribution in [0.2, 0.25) is 0 Å². The highest BCUT2D eigenvalue weighted by Crippen LogP contribution is 2.19. The van der Waals surface area contributed by atoms with Gasteiger partial charge in [-0.15, -0.1) is 0 Å². The lowest BCUT2D eigenvalue weighted by atomic mass is 10.0. The van der Waals surface area contributed by atoms with Gasteiger partial charge in [-0.25, -0.2) is 0 Å². The monoisotopic (exact) mass is 238 g/mol. The first-order chi connectivity index (χ1) is 8.83. The highest BCUT2D eigenvalue weighted by atomic mass is 16.5. The molecule has 0 radical (unpaired) electrons. The number of benzene rings is 2. The van der Waals surface area contributed by atoms with Crippen molar-refractivity contribution in [2.45, 2.75) is 0 Å². The van der Waals surface area contributed by atoms with E-state index >= 15 is 0 Å². The molecule has 0 heterocycles. The maximum atomic E-state index is 11.2. The number of rotatable bonds is 4. The molecular formula is C16H14O2. The van der Waals surface area contributed by atoms with Crippen LogP contribution in [-0.2, 0) is 4.79 Å². The SMILES string of the molecule is COc1cccc(C=C(C=O)c2ccccc2)c1. The number of ether oxygens (including phenoxy) is 1. The van der Waals surface area contributed by atoms with E-state index in [2.05, 4.69) is 0 Å². The van der Waals surface area contributed by atoms with Gasteiger partial charge in [-0.1, -0.05) is 42.5 Å². The van der Waals surface area contributed by atoms with E-state index in [4.69, 9.17) is 4.74 Å². The molecule has 2 rings (SSSR count). The Labute approximate surface area is 107 Å². The summed E-state index contributed by atoms with van der Waals surface area (Å²) in [4.78, 5) is 11.2. The second-order valence-electron chi connectivity index (χ2n) is 3.86. The molecule has 0 aliphatic rings. The maximum absolute atomic E-state index is 11.2. The molecule has 0 spiro atoms. The molecule has 18 heavy (non-hydrogen) atoms.